The van der Waals surface area contributed by atoms with Crippen LogP contribution in [-0.4, -0.2) is 9.55 Å². The number of anilines is 1. The summed E-state index contributed by atoms with van der Waals surface area (Å²) < 4.78 is 2.21. The number of nitrogens with zero attached hydrogens (tertiary/aromatic N) is 2. The number of nitrogen functional groups attached to an aromatic ring is 1. The molecule has 1 aromatic heterocycles. The summed E-state index contributed by atoms with van der Waals surface area (Å²) in [6.45, 7) is 5.23. The van der Waals surface area contributed by atoms with E-state index in [-0.39, 0.29) is 0 Å². The Labute approximate surface area is 127 Å². The molecule has 2 N–H and O–H groups in total. The predicted molar refractivity (Wildman–Crippen MR) is 88.3 cm³/mol. The Kier molecular flexibility index (Phi) is 4.00. The lowest BCUT2D eigenvalue weighted by atomic mass is 10.1. The highest BCUT2D eigenvalue weighted by Gasteiger charge is 2.25. The van der Waals surface area contributed by atoms with Crippen LogP contribution in [0, 0.1) is 0 Å². The summed E-state index contributed by atoms with van der Waals surface area (Å²) in [6.07, 6.45) is 6.21. The molecule has 0 bridgehead atoms. The molecular formula is C18H25N3. The molecule has 0 amide bonds. The summed E-state index contributed by atoms with van der Waals surface area (Å²) in [7, 11) is 0. The van der Waals surface area contributed by atoms with Crippen LogP contribution in [0.3, 0.4) is 0 Å². The van der Waals surface area contributed by atoms with Crippen LogP contribution in [0.1, 0.15) is 56.8 Å². The topological polar surface area (TPSA) is 43.8 Å². The first-order valence-corrected chi connectivity index (χ1v) is 8.19. The largest absolute Gasteiger partial charge is 0.383 e. The van der Waals surface area contributed by atoms with E-state index < -0.39 is 0 Å². The fourth-order valence-electron chi connectivity index (χ4n) is 3.42. The van der Waals surface area contributed by atoms with Crippen LogP contribution in [0.4, 0.5) is 5.82 Å². The molecule has 2 aromatic rings. The van der Waals surface area contributed by atoms with Gasteiger partial charge in [-0.05, 0) is 31.7 Å². The second-order valence-electron chi connectivity index (χ2n) is 5.98. The lowest BCUT2D eigenvalue weighted by Crippen LogP contribution is -2.08. The number of hydrogen-bond acceptors (Lipinski definition) is 2. The third-order valence-corrected chi connectivity index (χ3v) is 4.71. The molecule has 1 aromatic carbocycles. The molecule has 0 radical (unpaired) electrons. The van der Waals surface area contributed by atoms with Gasteiger partial charge in [-0.2, -0.15) is 0 Å². The van der Waals surface area contributed by atoms with Crippen molar-refractivity contribution < 1.29 is 0 Å². The Morgan fingerprint density at radius 2 is 1.81 bits per heavy atom. The average Bonchev–Trinajstić information content (AvgIpc) is 3.15. The zero-order valence-corrected chi connectivity index (χ0v) is 13.1. The third kappa shape index (κ3) is 2.57. The molecule has 0 spiro atoms. The van der Waals surface area contributed by atoms with Crippen molar-refractivity contribution in [2.24, 2.45) is 0 Å². The minimum atomic E-state index is 0.593. The smallest absolute Gasteiger partial charge is 0.131 e. The first-order chi connectivity index (χ1) is 10.2. The van der Waals surface area contributed by atoms with Gasteiger partial charge in [0.2, 0.25) is 0 Å². The second-order valence-corrected chi connectivity index (χ2v) is 5.98. The van der Waals surface area contributed by atoms with E-state index in [1.54, 1.807) is 0 Å². The minimum Gasteiger partial charge on any atom is -0.383 e. The van der Waals surface area contributed by atoms with Crippen LogP contribution in [0.2, 0.25) is 0 Å². The van der Waals surface area contributed by atoms with Crippen molar-refractivity contribution in [3.8, 4) is 11.3 Å². The molecule has 1 fully saturated rings. The van der Waals surface area contributed by atoms with E-state index in [0.29, 0.717) is 5.92 Å². The summed E-state index contributed by atoms with van der Waals surface area (Å²) in [5.41, 5.74) is 9.83. The van der Waals surface area contributed by atoms with Crippen LogP contribution in [0.15, 0.2) is 24.3 Å². The van der Waals surface area contributed by atoms with E-state index in [2.05, 4.69) is 42.7 Å². The van der Waals surface area contributed by atoms with Gasteiger partial charge in [0.25, 0.3) is 0 Å². The number of imidazole rings is 1. The van der Waals surface area contributed by atoms with Gasteiger partial charge in [-0.15, -0.1) is 0 Å². The van der Waals surface area contributed by atoms with E-state index >= 15 is 0 Å². The third-order valence-electron chi connectivity index (χ3n) is 4.71. The lowest BCUT2D eigenvalue weighted by molar-refractivity contribution is 0.604. The summed E-state index contributed by atoms with van der Waals surface area (Å²) >= 11 is 0. The molecular weight excluding hydrogens is 258 g/mol. The standard InChI is InChI=1S/C18H25N3/c1-3-13-9-11-14(12-10-13)16-17(19)21(4-2)18(20-16)15-7-5-6-8-15/h9-12,15H,3-8,19H2,1-2H3. The van der Waals surface area contributed by atoms with E-state index in [0.717, 1.165) is 30.0 Å². The fraction of sp³-hybridized carbons (Fsp3) is 0.500. The van der Waals surface area contributed by atoms with Crippen molar-refractivity contribution in [1.29, 1.82) is 0 Å². The molecule has 0 saturated heterocycles. The number of hydrogen-bond donors (Lipinski definition) is 1. The SMILES string of the molecule is CCc1ccc(-c2nc(C3CCCC3)n(CC)c2N)cc1. The number of aryl methyl sites for hydroxylation is 1. The Balaban J connectivity index is 2.01. The van der Waals surface area contributed by atoms with Gasteiger partial charge in [0.05, 0.1) is 0 Å². The maximum absolute atomic E-state index is 6.39. The molecule has 1 aliphatic carbocycles. The Morgan fingerprint density at radius 1 is 1.14 bits per heavy atom. The highest BCUT2D eigenvalue weighted by atomic mass is 15.1. The van der Waals surface area contributed by atoms with Gasteiger partial charge in [0, 0.05) is 18.0 Å². The number of benzene rings is 1. The van der Waals surface area contributed by atoms with E-state index in [4.69, 9.17) is 10.7 Å². The molecule has 0 atom stereocenters. The minimum absolute atomic E-state index is 0.593. The molecule has 112 valence electrons. The van der Waals surface area contributed by atoms with Crippen molar-refractivity contribution in [3.63, 3.8) is 0 Å². The molecule has 3 rings (SSSR count). The Hall–Kier alpha value is -1.77. The fourth-order valence-corrected chi connectivity index (χ4v) is 3.42. The van der Waals surface area contributed by atoms with Gasteiger partial charge in [-0.25, -0.2) is 4.98 Å². The molecule has 0 aliphatic heterocycles. The van der Waals surface area contributed by atoms with Crippen LogP contribution >= 0.6 is 0 Å². The Morgan fingerprint density at radius 3 is 2.38 bits per heavy atom. The average molecular weight is 283 g/mol. The van der Waals surface area contributed by atoms with Crippen molar-refractivity contribution >= 4 is 5.82 Å². The van der Waals surface area contributed by atoms with Crippen molar-refractivity contribution in [2.75, 3.05) is 5.73 Å². The van der Waals surface area contributed by atoms with Crippen LogP contribution in [0.5, 0.6) is 0 Å². The van der Waals surface area contributed by atoms with E-state index in [9.17, 15) is 0 Å². The Bertz CT molecular complexity index is 604. The van der Waals surface area contributed by atoms with Crippen LogP contribution in [0.25, 0.3) is 11.3 Å². The monoisotopic (exact) mass is 283 g/mol. The van der Waals surface area contributed by atoms with Crippen LogP contribution < -0.4 is 5.73 Å². The van der Waals surface area contributed by atoms with E-state index in [1.807, 2.05) is 0 Å². The quantitative estimate of drug-likeness (QED) is 0.905. The summed E-state index contributed by atoms with van der Waals surface area (Å²) in [5.74, 6) is 2.61. The van der Waals surface area contributed by atoms with Gasteiger partial charge in [-0.3, -0.25) is 0 Å². The predicted octanol–water partition coefficient (Wildman–Crippen LogP) is 4.37. The van der Waals surface area contributed by atoms with Gasteiger partial charge in [-0.1, -0.05) is 44.0 Å². The van der Waals surface area contributed by atoms with Crippen molar-refractivity contribution in [3.05, 3.63) is 35.7 Å². The summed E-state index contributed by atoms with van der Waals surface area (Å²) in [4.78, 5) is 4.93. The van der Waals surface area contributed by atoms with Crippen molar-refractivity contribution in [1.82, 2.24) is 9.55 Å². The molecule has 1 heterocycles. The zero-order chi connectivity index (χ0) is 14.8. The maximum Gasteiger partial charge on any atom is 0.131 e. The van der Waals surface area contributed by atoms with Gasteiger partial charge in [0.15, 0.2) is 0 Å². The molecule has 3 heteroatoms. The summed E-state index contributed by atoms with van der Waals surface area (Å²) in [5, 5.41) is 0. The number of aromatic nitrogens is 2. The van der Waals surface area contributed by atoms with E-state index in [1.165, 1.54) is 37.1 Å². The second kappa shape index (κ2) is 5.92. The van der Waals surface area contributed by atoms with Crippen LogP contribution in [-0.2, 0) is 13.0 Å². The number of rotatable bonds is 4. The zero-order valence-electron chi connectivity index (χ0n) is 13.1. The van der Waals surface area contributed by atoms with Crippen molar-refractivity contribution in [2.45, 2.75) is 58.4 Å². The van der Waals surface area contributed by atoms with Gasteiger partial charge >= 0.3 is 0 Å². The summed E-state index contributed by atoms with van der Waals surface area (Å²) in [6, 6.07) is 8.65. The highest BCUT2D eigenvalue weighted by Crippen LogP contribution is 2.37. The molecule has 0 unspecified atom stereocenters. The van der Waals surface area contributed by atoms with Gasteiger partial charge in [0.1, 0.15) is 17.3 Å². The molecule has 3 nitrogen and oxygen atoms in total. The highest BCUT2D eigenvalue weighted by molar-refractivity contribution is 5.71. The first kappa shape index (κ1) is 14.2. The van der Waals surface area contributed by atoms with Gasteiger partial charge < -0.3 is 10.3 Å². The maximum atomic E-state index is 6.39. The molecule has 1 saturated carbocycles. The molecule has 1 aliphatic rings. The normalized spacial score (nSPS) is 15.7. The first-order valence-electron chi connectivity index (χ1n) is 8.19. The molecule has 21 heavy (non-hydrogen) atoms. The number of nitrogens with two attached hydrogens (primary N) is 1. The lowest BCUT2D eigenvalue weighted by Gasteiger charge is -2.11.